The Morgan fingerprint density at radius 2 is 1.89 bits per heavy atom. The number of carbonyl (C=O) groups is 1. The lowest BCUT2D eigenvalue weighted by Gasteiger charge is -2.32. The monoisotopic (exact) mass is 324 g/mol. The minimum absolute atomic E-state index is 0.165. The normalized spacial score (nSPS) is 29.8. The van der Waals surface area contributed by atoms with E-state index < -0.39 is 0 Å². The van der Waals surface area contributed by atoms with Crippen LogP contribution in [0, 0.1) is 0 Å². The summed E-state index contributed by atoms with van der Waals surface area (Å²) in [5.74, 6) is 0.165. The van der Waals surface area contributed by atoms with Crippen molar-refractivity contribution in [3.63, 3.8) is 0 Å². The van der Waals surface area contributed by atoms with Crippen LogP contribution in [0.2, 0.25) is 0 Å². The molecule has 1 aromatic rings. The number of rotatable bonds is 2. The highest BCUT2D eigenvalue weighted by Gasteiger charge is 2.37. The molecule has 2 atom stereocenters. The van der Waals surface area contributed by atoms with Crippen LogP contribution in [0.4, 0.5) is 0 Å². The Bertz CT molecular complexity index is 512. The molecule has 19 heavy (non-hydrogen) atoms. The SMILES string of the molecule is O=C(c1cc(Br)cn1C1CC1)N1CC2CCC(C1)O2. The first-order chi connectivity index (χ1) is 9.20. The summed E-state index contributed by atoms with van der Waals surface area (Å²) >= 11 is 3.49. The van der Waals surface area contributed by atoms with Gasteiger partial charge in [-0.05, 0) is 47.7 Å². The quantitative estimate of drug-likeness (QED) is 0.838. The van der Waals surface area contributed by atoms with Gasteiger partial charge in [-0.2, -0.15) is 0 Å². The molecular weight excluding hydrogens is 308 g/mol. The number of fused-ring (bicyclic) bond motifs is 2. The topological polar surface area (TPSA) is 34.5 Å². The molecule has 5 heteroatoms. The van der Waals surface area contributed by atoms with Crippen molar-refractivity contribution >= 4 is 21.8 Å². The van der Waals surface area contributed by atoms with Gasteiger partial charge in [0.2, 0.25) is 0 Å². The Balaban J connectivity index is 1.59. The summed E-state index contributed by atoms with van der Waals surface area (Å²) in [6.45, 7) is 1.51. The summed E-state index contributed by atoms with van der Waals surface area (Å²) in [4.78, 5) is 14.7. The zero-order chi connectivity index (χ0) is 13.0. The molecule has 0 N–H and O–H groups in total. The van der Waals surface area contributed by atoms with E-state index in [2.05, 4.69) is 20.5 Å². The molecule has 4 rings (SSSR count). The van der Waals surface area contributed by atoms with Crippen molar-refractivity contribution in [1.29, 1.82) is 0 Å². The van der Waals surface area contributed by atoms with Gasteiger partial charge in [0.15, 0.2) is 0 Å². The molecule has 3 fully saturated rings. The van der Waals surface area contributed by atoms with Crippen molar-refractivity contribution < 1.29 is 9.53 Å². The Morgan fingerprint density at radius 1 is 1.21 bits per heavy atom. The number of halogens is 1. The van der Waals surface area contributed by atoms with Gasteiger partial charge in [-0.3, -0.25) is 4.79 Å². The summed E-state index contributed by atoms with van der Waals surface area (Å²) in [5.41, 5.74) is 0.829. The molecule has 0 radical (unpaired) electrons. The lowest BCUT2D eigenvalue weighted by molar-refractivity contribution is -0.0306. The third-order valence-electron chi connectivity index (χ3n) is 4.31. The molecule has 102 valence electrons. The van der Waals surface area contributed by atoms with Crippen LogP contribution in [-0.4, -0.2) is 40.7 Å². The smallest absolute Gasteiger partial charge is 0.270 e. The number of likely N-dealkylation sites (tertiary alicyclic amines) is 1. The fraction of sp³-hybridized carbons (Fsp3) is 0.643. The molecule has 0 spiro atoms. The second-order valence-electron chi connectivity index (χ2n) is 5.85. The van der Waals surface area contributed by atoms with Crippen LogP contribution in [0.15, 0.2) is 16.7 Å². The molecule has 2 bridgehead atoms. The molecule has 4 nitrogen and oxygen atoms in total. The van der Waals surface area contributed by atoms with Gasteiger partial charge in [-0.15, -0.1) is 0 Å². The van der Waals surface area contributed by atoms with E-state index >= 15 is 0 Å². The Kier molecular flexibility index (Phi) is 2.74. The fourth-order valence-electron chi connectivity index (χ4n) is 3.21. The van der Waals surface area contributed by atoms with E-state index in [1.807, 2.05) is 17.2 Å². The molecule has 3 heterocycles. The van der Waals surface area contributed by atoms with Gasteiger partial charge >= 0.3 is 0 Å². The Hall–Kier alpha value is -0.810. The van der Waals surface area contributed by atoms with Crippen molar-refractivity contribution in [3.8, 4) is 0 Å². The van der Waals surface area contributed by atoms with Crippen LogP contribution < -0.4 is 0 Å². The van der Waals surface area contributed by atoms with Crippen LogP contribution in [-0.2, 0) is 4.74 Å². The summed E-state index contributed by atoms with van der Waals surface area (Å²) in [6.07, 6.45) is 7.14. The van der Waals surface area contributed by atoms with E-state index in [9.17, 15) is 4.79 Å². The van der Waals surface area contributed by atoms with Crippen molar-refractivity contribution in [2.75, 3.05) is 13.1 Å². The minimum Gasteiger partial charge on any atom is -0.371 e. The highest BCUT2D eigenvalue weighted by Crippen LogP contribution is 2.38. The standard InChI is InChI=1S/C14H17BrN2O2/c15-9-5-13(17(6-9)10-1-2-10)14(18)16-7-11-3-4-12(8-16)19-11/h5-6,10-12H,1-4,7-8H2. The van der Waals surface area contributed by atoms with Crippen LogP contribution in [0.25, 0.3) is 0 Å². The lowest BCUT2D eigenvalue weighted by Crippen LogP contribution is -2.46. The first-order valence-corrected chi connectivity index (χ1v) is 7.82. The molecule has 2 unspecified atom stereocenters. The number of morpholine rings is 1. The number of nitrogens with zero attached hydrogens (tertiary/aromatic N) is 2. The highest BCUT2D eigenvalue weighted by molar-refractivity contribution is 9.10. The van der Waals surface area contributed by atoms with E-state index in [-0.39, 0.29) is 18.1 Å². The average Bonchev–Trinajstić information content (AvgIpc) is 3.10. The third kappa shape index (κ3) is 2.13. The number of amides is 1. The average molecular weight is 325 g/mol. The number of hydrogen-bond donors (Lipinski definition) is 0. The molecular formula is C14H17BrN2O2. The zero-order valence-corrected chi connectivity index (χ0v) is 12.3. The number of carbonyl (C=O) groups excluding carboxylic acids is 1. The van der Waals surface area contributed by atoms with Gasteiger partial charge in [0.1, 0.15) is 5.69 Å². The largest absolute Gasteiger partial charge is 0.371 e. The molecule has 3 aliphatic rings. The fourth-order valence-corrected chi connectivity index (χ4v) is 3.65. The maximum atomic E-state index is 12.7. The summed E-state index contributed by atoms with van der Waals surface area (Å²) < 4.78 is 8.94. The van der Waals surface area contributed by atoms with Crippen molar-refractivity contribution in [2.45, 2.75) is 43.9 Å². The molecule has 2 aliphatic heterocycles. The molecule has 1 saturated carbocycles. The van der Waals surface area contributed by atoms with Crippen molar-refractivity contribution in [2.24, 2.45) is 0 Å². The van der Waals surface area contributed by atoms with E-state index in [0.717, 1.165) is 36.1 Å². The van der Waals surface area contributed by atoms with E-state index in [1.54, 1.807) is 0 Å². The number of ether oxygens (including phenoxy) is 1. The van der Waals surface area contributed by atoms with Gasteiger partial charge in [0.25, 0.3) is 5.91 Å². The van der Waals surface area contributed by atoms with E-state index in [0.29, 0.717) is 6.04 Å². The molecule has 2 saturated heterocycles. The van der Waals surface area contributed by atoms with E-state index in [4.69, 9.17) is 4.74 Å². The maximum Gasteiger partial charge on any atom is 0.270 e. The Labute approximate surface area is 120 Å². The molecule has 0 aromatic carbocycles. The second kappa shape index (κ2) is 4.35. The first-order valence-electron chi connectivity index (χ1n) is 7.03. The van der Waals surface area contributed by atoms with Crippen LogP contribution >= 0.6 is 15.9 Å². The summed E-state index contributed by atoms with van der Waals surface area (Å²) in [7, 11) is 0. The van der Waals surface area contributed by atoms with Crippen LogP contribution in [0.1, 0.15) is 42.2 Å². The van der Waals surface area contributed by atoms with Gasteiger partial charge in [0, 0.05) is 29.8 Å². The third-order valence-corrected chi connectivity index (χ3v) is 4.74. The minimum atomic E-state index is 0.165. The van der Waals surface area contributed by atoms with Gasteiger partial charge in [-0.25, -0.2) is 0 Å². The molecule has 1 amide bonds. The van der Waals surface area contributed by atoms with Crippen LogP contribution in [0.5, 0.6) is 0 Å². The van der Waals surface area contributed by atoms with Gasteiger partial charge in [0.05, 0.1) is 12.2 Å². The predicted molar refractivity (Wildman–Crippen MR) is 74.2 cm³/mol. The van der Waals surface area contributed by atoms with Gasteiger partial charge in [-0.1, -0.05) is 0 Å². The number of aromatic nitrogens is 1. The zero-order valence-electron chi connectivity index (χ0n) is 10.7. The maximum absolute atomic E-state index is 12.7. The second-order valence-corrected chi connectivity index (χ2v) is 6.77. The highest BCUT2D eigenvalue weighted by atomic mass is 79.9. The van der Waals surface area contributed by atoms with Gasteiger partial charge < -0.3 is 14.2 Å². The number of hydrogen-bond acceptors (Lipinski definition) is 2. The molecule has 1 aromatic heterocycles. The summed E-state index contributed by atoms with van der Waals surface area (Å²) in [6, 6.07) is 2.49. The predicted octanol–water partition coefficient (Wildman–Crippen LogP) is 2.59. The van der Waals surface area contributed by atoms with Crippen LogP contribution in [0.3, 0.4) is 0 Å². The summed E-state index contributed by atoms with van der Waals surface area (Å²) in [5, 5.41) is 0. The van der Waals surface area contributed by atoms with E-state index in [1.165, 1.54) is 12.8 Å². The van der Waals surface area contributed by atoms with Crippen molar-refractivity contribution in [3.05, 3.63) is 22.4 Å². The Morgan fingerprint density at radius 3 is 2.53 bits per heavy atom. The first kappa shape index (κ1) is 12.0. The lowest BCUT2D eigenvalue weighted by atomic mass is 10.2. The van der Waals surface area contributed by atoms with Crippen molar-refractivity contribution in [1.82, 2.24) is 9.47 Å². The molecule has 1 aliphatic carbocycles.